The minimum atomic E-state index is -0.233. The van der Waals surface area contributed by atoms with Crippen molar-refractivity contribution in [3.8, 4) is 0 Å². The highest BCUT2D eigenvalue weighted by Crippen LogP contribution is 2.24. The molecule has 0 atom stereocenters. The van der Waals surface area contributed by atoms with Crippen molar-refractivity contribution in [2.24, 2.45) is 0 Å². The summed E-state index contributed by atoms with van der Waals surface area (Å²) in [6, 6.07) is 12.1. The second kappa shape index (κ2) is 8.72. The molecule has 1 saturated heterocycles. The number of carbonyl (C=O) groups is 1. The van der Waals surface area contributed by atoms with Gasteiger partial charge in [0.05, 0.1) is 17.8 Å². The fourth-order valence-electron chi connectivity index (χ4n) is 3.48. The van der Waals surface area contributed by atoms with Gasteiger partial charge in [0.1, 0.15) is 18.0 Å². The molecule has 1 aliphatic rings. The van der Waals surface area contributed by atoms with E-state index in [1.54, 1.807) is 11.1 Å². The monoisotopic (exact) mass is 392 g/mol. The zero-order chi connectivity index (χ0) is 20.1. The van der Waals surface area contributed by atoms with Crippen LogP contribution in [0.25, 0.3) is 10.9 Å². The van der Waals surface area contributed by atoms with E-state index in [0.717, 1.165) is 35.2 Å². The van der Waals surface area contributed by atoms with E-state index >= 15 is 0 Å². The molecule has 1 aliphatic heterocycles. The molecule has 3 heterocycles. The number of para-hydroxylation sites is 1. The first kappa shape index (κ1) is 18.9. The van der Waals surface area contributed by atoms with Gasteiger partial charge in [0.25, 0.3) is 0 Å². The highest BCUT2D eigenvalue weighted by Gasteiger charge is 2.23. The Bertz CT molecular complexity index is 982. The number of carbonyl (C=O) groups excluding carboxylic acids is 1. The summed E-state index contributed by atoms with van der Waals surface area (Å²) in [7, 11) is 0. The zero-order valence-corrected chi connectivity index (χ0v) is 16.3. The van der Waals surface area contributed by atoms with Crippen molar-refractivity contribution in [2.45, 2.75) is 25.8 Å². The van der Waals surface area contributed by atoms with E-state index in [1.165, 1.54) is 6.33 Å². The molecular formula is C21H24N6O2. The van der Waals surface area contributed by atoms with E-state index in [9.17, 15) is 4.79 Å². The third-order valence-corrected chi connectivity index (χ3v) is 4.94. The van der Waals surface area contributed by atoms with Crippen LogP contribution < -0.4 is 10.6 Å². The van der Waals surface area contributed by atoms with Gasteiger partial charge in [-0.1, -0.05) is 18.2 Å². The average Bonchev–Trinajstić information content (AvgIpc) is 2.75. The minimum absolute atomic E-state index is 0.233. The molecule has 0 spiro atoms. The van der Waals surface area contributed by atoms with Crippen molar-refractivity contribution in [3.05, 3.63) is 48.9 Å². The highest BCUT2D eigenvalue weighted by molar-refractivity contribution is 5.91. The number of likely N-dealkylation sites (tertiary alicyclic amines) is 1. The van der Waals surface area contributed by atoms with Crippen LogP contribution in [-0.2, 0) is 4.74 Å². The van der Waals surface area contributed by atoms with Crippen LogP contribution in [0.1, 0.15) is 19.8 Å². The van der Waals surface area contributed by atoms with Gasteiger partial charge in [-0.15, -0.1) is 0 Å². The fourth-order valence-corrected chi connectivity index (χ4v) is 3.48. The number of rotatable bonds is 5. The Labute approximate surface area is 169 Å². The maximum Gasteiger partial charge on any atom is 0.409 e. The molecule has 3 aromatic rings. The minimum Gasteiger partial charge on any atom is -0.450 e. The van der Waals surface area contributed by atoms with E-state index in [4.69, 9.17) is 4.74 Å². The Kier molecular flexibility index (Phi) is 5.69. The topological polar surface area (TPSA) is 92.3 Å². The highest BCUT2D eigenvalue weighted by atomic mass is 16.6. The Balaban J connectivity index is 1.40. The molecule has 0 aliphatic carbocycles. The fraction of sp³-hybridized carbons (Fsp3) is 0.333. The average molecular weight is 392 g/mol. The second-order valence-electron chi connectivity index (χ2n) is 6.90. The summed E-state index contributed by atoms with van der Waals surface area (Å²) in [5.74, 6) is 1.45. The SMILES string of the molecule is CCOC(=O)N1CCC(Nc2cc(Nc3cccc4cccnc34)ncn2)CC1. The summed E-state index contributed by atoms with van der Waals surface area (Å²) >= 11 is 0. The molecule has 0 bridgehead atoms. The van der Waals surface area contributed by atoms with Gasteiger partial charge in [0.15, 0.2) is 0 Å². The Hall–Kier alpha value is -3.42. The molecular weight excluding hydrogens is 368 g/mol. The van der Waals surface area contributed by atoms with Crippen molar-refractivity contribution in [1.29, 1.82) is 0 Å². The third kappa shape index (κ3) is 4.53. The number of nitrogens with one attached hydrogen (secondary N) is 2. The van der Waals surface area contributed by atoms with E-state index in [0.29, 0.717) is 25.5 Å². The number of aromatic nitrogens is 3. The maximum atomic E-state index is 11.8. The van der Waals surface area contributed by atoms with Gasteiger partial charge in [-0.2, -0.15) is 0 Å². The maximum absolute atomic E-state index is 11.8. The molecule has 0 unspecified atom stereocenters. The first-order chi connectivity index (χ1) is 14.2. The number of hydrogen-bond donors (Lipinski definition) is 2. The van der Waals surface area contributed by atoms with Crippen molar-refractivity contribution in [1.82, 2.24) is 19.9 Å². The normalized spacial score (nSPS) is 14.6. The molecule has 0 saturated carbocycles. The lowest BCUT2D eigenvalue weighted by Gasteiger charge is -2.31. The molecule has 2 N–H and O–H groups in total. The van der Waals surface area contributed by atoms with Gasteiger partial charge in [-0.25, -0.2) is 14.8 Å². The number of piperidine rings is 1. The Morgan fingerprint density at radius 1 is 1.14 bits per heavy atom. The molecule has 1 aromatic carbocycles. The standard InChI is InChI=1S/C21H24N6O2/c1-2-29-21(28)27-11-8-16(9-12-27)25-18-13-19(24-14-23-18)26-17-7-3-5-15-6-4-10-22-20(15)17/h3-7,10,13-14,16H,2,8-9,11-12H2,1H3,(H2,23,24,25,26). The molecule has 4 rings (SSSR count). The van der Waals surface area contributed by atoms with Crippen LogP contribution >= 0.6 is 0 Å². The third-order valence-electron chi connectivity index (χ3n) is 4.94. The van der Waals surface area contributed by atoms with Crippen molar-refractivity contribution < 1.29 is 9.53 Å². The molecule has 29 heavy (non-hydrogen) atoms. The van der Waals surface area contributed by atoms with Gasteiger partial charge >= 0.3 is 6.09 Å². The molecule has 1 fully saturated rings. The van der Waals surface area contributed by atoms with Crippen molar-refractivity contribution in [3.63, 3.8) is 0 Å². The predicted octanol–water partition coefficient (Wildman–Crippen LogP) is 3.80. The zero-order valence-electron chi connectivity index (χ0n) is 16.3. The number of amides is 1. The van der Waals surface area contributed by atoms with Crippen LogP contribution in [0.4, 0.5) is 22.1 Å². The Morgan fingerprint density at radius 2 is 1.93 bits per heavy atom. The summed E-state index contributed by atoms with van der Waals surface area (Å²) in [4.78, 5) is 26.7. The summed E-state index contributed by atoms with van der Waals surface area (Å²) in [5, 5.41) is 7.86. The van der Waals surface area contributed by atoms with E-state index < -0.39 is 0 Å². The van der Waals surface area contributed by atoms with E-state index in [2.05, 4.69) is 25.6 Å². The van der Waals surface area contributed by atoms with Gasteiger partial charge < -0.3 is 20.3 Å². The first-order valence-electron chi connectivity index (χ1n) is 9.84. The molecule has 150 valence electrons. The van der Waals surface area contributed by atoms with Crippen LogP contribution in [-0.4, -0.2) is 51.7 Å². The quantitative estimate of drug-likeness (QED) is 0.682. The van der Waals surface area contributed by atoms with Gasteiger partial charge in [0.2, 0.25) is 0 Å². The molecule has 0 radical (unpaired) electrons. The van der Waals surface area contributed by atoms with Crippen LogP contribution in [0, 0.1) is 0 Å². The summed E-state index contributed by atoms with van der Waals surface area (Å²) in [6.07, 6.45) is 4.78. The van der Waals surface area contributed by atoms with Gasteiger partial charge in [-0.05, 0) is 31.9 Å². The molecule has 1 amide bonds. The lowest BCUT2D eigenvalue weighted by Crippen LogP contribution is -2.42. The molecule has 2 aromatic heterocycles. The van der Waals surface area contributed by atoms with Crippen molar-refractivity contribution in [2.75, 3.05) is 30.3 Å². The van der Waals surface area contributed by atoms with E-state index in [-0.39, 0.29) is 12.1 Å². The number of nitrogens with zero attached hydrogens (tertiary/aromatic N) is 4. The van der Waals surface area contributed by atoms with Crippen molar-refractivity contribution >= 4 is 34.3 Å². The van der Waals surface area contributed by atoms with Crippen LogP contribution in [0.2, 0.25) is 0 Å². The molecule has 8 nitrogen and oxygen atoms in total. The number of pyridine rings is 1. The number of hydrogen-bond acceptors (Lipinski definition) is 7. The summed E-state index contributed by atoms with van der Waals surface area (Å²) < 4.78 is 5.07. The predicted molar refractivity (Wildman–Crippen MR) is 112 cm³/mol. The first-order valence-corrected chi connectivity index (χ1v) is 9.84. The summed E-state index contributed by atoms with van der Waals surface area (Å²) in [6.45, 7) is 3.57. The van der Waals surface area contributed by atoms with E-state index in [1.807, 2.05) is 43.3 Å². The number of benzene rings is 1. The van der Waals surface area contributed by atoms with Gasteiger partial charge in [-0.3, -0.25) is 4.98 Å². The lowest BCUT2D eigenvalue weighted by atomic mass is 10.1. The smallest absolute Gasteiger partial charge is 0.409 e. The van der Waals surface area contributed by atoms with Crippen LogP contribution in [0.15, 0.2) is 48.9 Å². The number of anilines is 3. The lowest BCUT2D eigenvalue weighted by molar-refractivity contribution is 0.0983. The Morgan fingerprint density at radius 3 is 2.76 bits per heavy atom. The van der Waals surface area contributed by atoms with Crippen LogP contribution in [0.3, 0.4) is 0 Å². The summed E-state index contributed by atoms with van der Waals surface area (Å²) in [5.41, 5.74) is 1.80. The second-order valence-corrected chi connectivity index (χ2v) is 6.90. The largest absolute Gasteiger partial charge is 0.450 e. The van der Waals surface area contributed by atoms with Gasteiger partial charge in [0, 0.05) is 36.8 Å². The number of fused-ring (bicyclic) bond motifs is 1. The van der Waals surface area contributed by atoms with Crippen LogP contribution in [0.5, 0.6) is 0 Å². The number of ether oxygens (including phenoxy) is 1. The molecule has 8 heteroatoms.